The van der Waals surface area contributed by atoms with Gasteiger partial charge in [-0.15, -0.1) is 0 Å². The molecular formula is C17H18ClN3O2S. The van der Waals surface area contributed by atoms with Gasteiger partial charge in [0, 0.05) is 5.02 Å². The number of amides is 1. The van der Waals surface area contributed by atoms with Crippen molar-refractivity contribution in [3.63, 3.8) is 0 Å². The number of halogens is 1. The van der Waals surface area contributed by atoms with E-state index in [1.165, 1.54) is 0 Å². The first-order valence-electron chi connectivity index (χ1n) is 7.40. The molecule has 0 aliphatic rings. The summed E-state index contributed by atoms with van der Waals surface area (Å²) in [4.78, 5) is 11.9. The topological polar surface area (TPSA) is 62.4 Å². The van der Waals surface area contributed by atoms with E-state index in [2.05, 4.69) is 16.2 Å². The minimum atomic E-state index is -0.209. The van der Waals surface area contributed by atoms with Gasteiger partial charge in [0.1, 0.15) is 5.75 Å². The third-order valence-corrected chi connectivity index (χ3v) is 3.48. The summed E-state index contributed by atoms with van der Waals surface area (Å²) in [7, 11) is 0. The molecular weight excluding hydrogens is 346 g/mol. The van der Waals surface area contributed by atoms with Gasteiger partial charge >= 0.3 is 0 Å². The molecule has 2 aromatic carbocycles. The van der Waals surface area contributed by atoms with Gasteiger partial charge in [-0.25, -0.2) is 0 Å². The normalized spacial score (nSPS) is 9.92. The maximum atomic E-state index is 11.9. The van der Waals surface area contributed by atoms with Crippen LogP contribution in [0.3, 0.4) is 0 Å². The molecule has 1 amide bonds. The SMILES string of the molecule is CCOc1ccccc1NC(=S)NNC(=O)Cc1ccc(Cl)cc1. The van der Waals surface area contributed by atoms with Crippen molar-refractivity contribution in [3.8, 4) is 5.75 Å². The predicted octanol–water partition coefficient (Wildman–Crippen LogP) is 3.30. The summed E-state index contributed by atoms with van der Waals surface area (Å²) in [5.41, 5.74) is 6.81. The second-order valence-electron chi connectivity index (χ2n) is 4.86. The van der Waals surface area contributed by atoms with Crippen LogP contribution in [0.4, 0.5) is 5.69 Å². The van der Waals surface area contributed by atoms with Gasteiger partial charge in [0.15, 0.2) is 5.11 Å². The maximum Gasteiger partial charge on any atom is 0.242 e. The molecule has 7 heteroatoms. The van der Waals surface area contributed by atoms with E-state index in [9.17, 15) is 4.79 Å². The average molecular weight is 364 g/mol. The Labute approximate surface area is 151 Å². The lowest BCUT2D eigenvalue weighted by Crippen LogP contribution is -2.44. The Morgan fingerprint density at radius 1 is 1.12 bits per heavy atom. The van der Waals surface area contributed by atoms with E-state index >= 15 is 0 Å². The minimum absolute atomic E-state index is 0.209. The molecule has 0 aliphatic heterocycles. The lowest BCUT2D eigenvalue weighted by molar-refractivity contribution is -0.120. The van der Waals surface area contributed by atoms with Crippen molar-refractivity contribution in [1.29, 1.82) is 0 Å². The summed E-state index contributed by atoms with van der Waals surface area (Å²) >= 11 is 11.0. The Balaban J connectivity index is 1.82. The van der Waals surface area contributed by atoms with E-state index in [1.54, 1.807) is 24.3 Å². The van der Waals surface area contributed by atoms with Crippen molar-refractivity contribution in [1.82, 2.24) is 10.9 Å². The van der Waals surface area contributed by atoms with Crippen LogP contribution in [-0.4, -0.2) is 17.6 Å². The number of benzene rings is 2. The highest BCUT2D eigenvalue weighted by molar-refractivity contribution is 7.80. The number of hydrogen-bond acceptors (Lipinski definition) is 3. The Morgan fingerprint density at radius 2 is 1.83 bits per heavy atom. The molecule has 0 saturated heterocycles. The molecule has 0 spiro atoms. The van der Waals surface area contributed by atoms with Crippen LogP contribution < -0.4 is 20.9 Å². The zero-order valence-electron chi connectivity index (χ0n) is 13.1. The van der Waals surface area contributed by atoms with Crippen molar-refractivity contribution < 1.29 is 9.53 Å². The first-order valence-corrected chi connectivity index (χ1v) is 8.19. The second kappa shape index (κ2) is 9.10. The van der Waals surface area contributed by atoms with Crippen LogP contribution in [0.5, 0.6) is 5.75 Å². The number of anilines is 1. The van der Waals surface area contributed by atoms with E-state index in [-0.39, 0.29) is 17.4 Å². The van der Waals surface area contributed by atoms with Crippen LogP contribution in [0.1, 0.15) is 12.5 Å². The zero-order valence-corrected chi connectivity index (χ0v) is 14.7. The predicted molar refractivity (Wildman–Crippen MR) is 100 cm³/mol. The molecule has 0 heterocycles. The highest BCUT2D eigenvalue weighted by Gasteiger charge is 2.06. The molecule has 0 radical (unpaired) electrons. The van der Waals surface area contributed by atoms with Gasteiger partial charge in [0.05, 0.1) is 18.7 Å². The Bertz CT molecular complexity index is 707. The monoisotopic (exact) mass is 363 g/mol. The molecule has 2 aromatic rings. The number of thiocarbonyl (C=S) groups is 1. The molecule has 0 aromatic heterocycles. The van der Waals surface area contributed by atoms with Gasteiger partial charge < -0.3 is 10.1 Å². The van der Waals surface area contributed by atoms with E-state index in [0.717, 1.165) is 11.3 Å². The fraction of sp³-hybridized carbons (Fsp3) is 0.176. The third-order valence-electron chi connectivity index (χ3n) is 3.03. The first kappa shape index (κ1) is 18.0. The van der Waals surface area contributed by atoms with Crippen LogP contribution >= 0.6 is 23.8 Å². The van der Waals surface area contributed by atoms with E-state index in [0.29, 0.717) is 17.4 Å². The van der Waals surface area contributed by atoms with Crippen molar-refractivity contribution in [2.75, 3.05) is 11.9 Å². The van der Waals surface area contributed by atoms with Crippen molar-refractivity contribution in [2.45, 2.75) is 13.3 Å². The summed E-state index contributed by atoms with van der Waals surface area (Å²) in [6, 6.07) is 14.5. The minimum Gasteiger partial charge on any atom is -0.492 e. The van der Waals surface area contributed by atoms with Crippen molar-refractivity contribution >= 4 is 40.5 Å². The largest absolute Gasteiger partial charge is 0.492 e. The fourth-order valence-corrected chi connectivity index (χ4v) is 2.25. The Morgan fingerprint density at radius 3 is 2.54 bits per heavy atom. The van der Waals surface area contributed by atoms with Gasteiger partial charge in [-0.05, 0) is 49.0 Å². The fourth-order valence-electron chi connectivity index (χ4n) is 1.96. The highest BCUT2D eigenvalue weighted by atomic mass is 35.5. The molecule has 0 unspecified atom stereocenters. The maximum absolute atomic E-state index is 11.9. The summed E-state index contributed by atoms with van der Waals surface area (Å²) in [5, 5.41) is 3.89. The number of nitrogens with one attached hydrogen (secondary N) is 3. The van der Waals surface area contributed by atoms with Crippen LogP contribution in [0.25, 0.3) is 0 Å². The highest BCUT2D eigenvalue weighted by Crippen LogP contribution is 2.23. The molecule has 5 nitrogen and oxygen atoms in total. The van der Waals surface area contributed by atoms with Crippen LogP contribution in [-0.2, 0) is 11.2 Å². The number of hydrazine groups is 1. The van der Waals surface area contributed by atoms with Crippen molar-refractivity contribution in [2.24, 2.45) is 0 Å². The summed E-state index contributed by atoms with van der Waals surface area (Å²) in [6.45, 7) is 2.46. The Kier molecular flexibility index (Phi) is 6.84. The molecule has 3 N–H and O–H groups in total. The van der Waals surface area contributed by atoms with Gasteiger partial charge in [0.2, 0.25) is 5.91 Å². The molecule has 126 valence electrons. The molecule has 0 fully saturated rings. The zero-order chi connectivity index (χ0) is 17.4. The van der Waals surface area contributed by atoms with Crippen molar-refractivity contribution in [3.05, 3.63) is 59.1 Å². The lowest BCUT2D eigenvalue weighted by atomic mass is 10.1. The third kappa shape index (κ3) is 5.72. The van der Waals surface area contributed by atoms with Crippen LogP contribution in [0, 0.1) is 0 Å². The Hall–Kier alpha value is -2.31. The lowest BCUT2D eigenvalue weighted by Gasteiger charge is -2.14. The molecule has 0 saturated carbocycles. The number of carbonyl (C=O) groups excluding carboxylic acids is 1. The molecule has 2 rings (SSSR count). The van der Waals surface area contributed by atoms with Crippen LogP contribution in [0.2, 0.25) is 5.02 Å². The standard InChI is InChI=1S/C17H18ClN3O2S/c1-2-23-15-6-4-3-5-14(15)19-17(24)21-20-16(22)11-12-7-9-13(18)10-8-12/h3-10H,2,11H2,1H3,(H,20,22)(H2,19,21,24). The van der Waals surface area contributed by atoms with Gasteiger partial charge in [-0.1, -0.05) is 35.9 Å². The summed E-state index contributed by atoms with van der Waals surface area (Å²) in [5.74, 6) is 0.483. The van der Waals surface area contributed by atoms with E-state index in [4.69, 9.17) is 28.6 Å². The second-order valence-corrected chi connectivity index (χ2v) is 5.70. The summed E-state index contributed by atoms with van der Waals surface area (Å²) < 4.78 is 5.50. The molecule has 0 atom stereocenters. The number of carbonyl (C=O) groups is 1. The smallest absolute Gasteiger partial charge is 0.242 e. The van der Waals surface area contributed by atoms with E-state index < -0.39 is 0 Å². The number of hydrogen-bond donors (Lipinski definition) is 3. The number of para-hydroxylation sites is 2. The first-order chi connectivity index (χ1) is 11.6. The number of ether oxygens (including phenoxy) is 1. The van der Waals surface area contributed by atoms with E-state index in [1.807, 2.05) is 31.2 Å². The van der Waals surface area contributed by atoms with Gasteiger partial charge in [-0.2, -0.15) is 0 Å². The van der Waals surface area contributed by atoms with Gasteiger partial charge in [0.25, 0.3) is 0 Å². The van der Waals surface area contributed by atoms with Gasteiger partial charge in [-0.3, -0.25) is 15.6 Å². The molecule has 0 aliphatic carbocycles. The average Bonchev–Trinajstić information content (AvgIpc) is 2.57. The molecule has 24 heavy (non-hydrogen) atoms. The number of rotatable bonds is 5. The summed E-state index contributed by atoms with van der Waals surface area (Å²) in [6.07, 6.45) is 0.225. The quantitative estimate of drug-likeness (QED) is 0.562. The molecule has 0 bridgehead atoms. The van der Waals surface area contributed by atoms with Crippen LogP contribution in [0.15, 0.2) is 48.5 Å².